The summed E-state index contributed by atoms with van der Waals surface area (Å²) in [5.74, 6) is 6.87. The first-order valence-electron chi connectivity index (χ1n) is 8.96. The van der Waals surface area contributed by atoms with E-state index in [0.29, 0.717) is 0 Å². The molecule has 0 aromatic heterocycles. The van der Waals surface area contributed by atoms with Gasteiger partial charge in [-0.3, -0.25) is 0 Å². The predicted molar refractivity (Wildman–Crippen MR) is 87.2 cm³/mol. The number of hydrogen-bond acceptors (Lipinski definition) is 0. The van der Waals surface area contributed by atoms with Gasteiger partial charge in [0.1, 0.15) is 0 Å². The van der Waals surface area contributed by atoms with Crippen LogP contribution in [0.3, 0.4) is 0 Å². The van der Waals surface area contributed by atoms with Gasteiger partial charge in [-0.2, -0.15) is 0 Å². The van der Waals surface area contributed by atoms with E-state index in [1.54, 1.807) is 0 Å². The van der Waals surface area contributed by atoms with Gasteiger partial charge in [0.25, 0.3) is 0 Å². The molecule has 0 aliphatic heterocycles. The highest BCUT2D eigenvalue weighted by atomic mass is 14.6. The minimum atomic E-state index is 0.869. The summed E-state index contributed by atoms with van der Waals surface area (Å²) in [6.07, 6.45) is 7.05. The quantitative estimate of drug-likeness (QED) is 0.453. The third-order valence-electron chi connectivity index (χ3n) is 5.73. The van der Waals surface area contributed by atoms with Gasteiger partial charge in [-0.05, 0) is 54.3 Å². The zero-order valence-electron chi connectivity index (χ0n) is 14.6. The van der Waals surface area contributed by atoms with E-state index in [2.05, 4.69) is 48.5 Å². The molecule has 0 saturated heterocycles. The summed E-state index contributed by atoms with van der Waals surface area (Å²) in [7, 11) is 0. The molecule has 0 nitrogen and oxygen atoms in total. The highest BCUT2D eigenvalue weighted by Gasteiger charge is 2.53. The lowest BCUT2D eigenvalue weighted by Crippen LogP contribution is -2.11. The van der Waals surface area contributed by atoms with Crippen molar-refractivity contribution in [2.24, 2.45) is 41.4 Å². The maximum Gasteiger partial charge on any atom is -0.0321 e. The van der Waals surface area contributed by atoms with Crippen molar-refractivity contribution in [3.05, 3.63) is 0 Å². The summed E-state index contributed by atoms with van der Waals surface area (Å²) in [4.78, 5) is 0. The Hall–Kier alpha value is 0. The summed E-state index contributed by atoms with van der Waals surface area (Å²) in [6, 6.07) is 0. The van der Waals surface area contributed by atoms with E-state index in [9.17, 15) is 0 Å². The highest BCUT2D eigenvalue weighted by Crippen LogP contribution is 2.59. The minimum Gasteiger partial charge on any atom is -0.0651 e. The molecular formula is C19H38. The zero-order valence-corrected chi connectivity index (χ0v) is 14.6. The maximum absolute atomic E-state index is 2.53. The fourth-order valence-corrected chi connectivity index (χ4v) is 4.60. The van der Waals surface area contributed by atoms with Crippen LogP contribution in [0.4, 0.5) is 0 Å². The number of rotatable bonds is 9. The molecule has 1 aliphatic rings. The molecule has 1 fully saturated rings. The van der Waals surface area contributed by atoms with Crippen LogP contribution in [0.25, 0.3) is 0 Å². The third kappa shape index (κ3) is 4.50. The summed E-state index contributed by atoms with van der Waals surface area (Å²) < 4.78 is 0. The van der Waals surface area contributed by atoms with Crippen molar-refractivity contribution in [3.63, 3.8) is 0 Å². The molecule has 0 heteroatoms. The van der Waals surface area contributed by atoms with E-state index in [-0.39, 0.29) is 0 Å². The molecule has 0 N–H and O–H groups in total. The van der Waals surface area contributed by atoms with Gasteiger partial charge in [-0.1, -0.05) is 67.7 Å². The van der Waals surface area contributed by atoms with Crippen LogP contribution in [0.5, 0.6) is 0 Å². The fourth-order valence-electron chi connectivity index (χ4n) is 4.60. The van der Waals surface area contributed by atoms with Gasteiger partial charge in [0, 0.05) is 0 Å². The second kappa shape index (κ2) is 7.70. The molecule has 19 heavy (non-hydrogen) atoms. The molecule has 1 saturated carbocycles. The Morgan fingerprint density at radius 3 is 1.84 bits per heavy atom. The van der Waals surface area contributed by atoms with Crippen molar-refractivity contribution in [2.45, 2.75) is 80.6 Å². The molecule has 0 bridgehead atoms. The Morgan fingerprint density at radius 1 is 0.789 bits per heavy atom. The van der Waals surface area contributed by atoms with Crippen molar-refractivity contribution >= 4 is 0 Å². The van der Waals surface area contributed by atoms with Crippen LogP contribution in [0.1, 0.15) is 80.6 Å². The lowest BCUT2D eigenvalue weighted by atomic mass is 9.85. The lowest BCUT2D eigenvalue weighted by Gasteiger charge is -2.20. The van der Waals surface area contributed by atoms with E-state index < -0.39 is 0 Å². The monoisotopic (exact) mass is 266 g/mol. The van der Waals surface area contributed by atoms with Crippen LogP contribution in [0.2, 0.25) is 0 Å². The number of hydrogen-bond donors (Lipinski definition) is 0. The predicted octanol–water partition coefficient (Wildman–Crippen LogP) is 6.40. The molecule has 0 heterocycles. The molecule has 6 atom stereocenters. The van der Waals surface area contributed by atoms with E-state index in [0.717, 1.165) is 41.4 Å². The first-order chi connectivity index (χ1) is 8.96. The lowest BCUT2D eigenvalue weighted by molar-refractivity contribution is 0.298. The standard InChI is InChI=1S/C19H38/c1-8-14(6)12-15(7)18-17(10-3)19(18)16(9-2)11-13(4)5/h13-19H,8-12H2,1-7H3. The van der Waals surface area contributed by atoms with Gasteiger partial charge >= 0.3 is 0 Å². The molecular weight excluding hydrogens is 228 g/mol. The van der Waals surface area contributed by atoms with Gasteiger partial charge in [-0.15, -0.1) is 0 Å². The second-order valence-corrected chi connectivity index (χ2v) is 7.75. The Balaban J connectivity index is 2.58. The Morgan fingerprint density at radius 2 is 1.42 bits per heavy atom. The molecule has 0 spiro atoms. The SMILES string of the molecule is CCC(C)CC(C)C1C(CC)C1C(CC)CC(C)C. The molecule has 1 rings (SSSR count). The van der Waals surface area contributed by atoms with Gasteiger partial charge < -0.3 is 0 Å². The van der Waals surface area contributed by atoms with E-state index >= 15 is 0 Å². The van der Waals surface area contributed by atoms with Crippen molar-refractivity contribution in [1.29, 1.82) is 0 Å². The highest BCUT2D eigenvalue weighted by molar-refractivity contribution is 5.01. The Kier molecular flexibility index (Phi) is 6.91. The summed E-state index contributed by atoms with van der Waals surface area (Å²) >= 11 is 0. The topological polar surface area (TPSA) is 0 Å². The first kappa shape index (κ1) is 17.1. The van der Waals surface area contributed by atoms with Crippen molar-refractivity contribution in [3.8, 4) is 0 Å². The Bertz CT molecular complexity index is 242. The van der Waals surface area contributed by atoms with Crippen molar-refractivity contribution in [1.82, 2.24) is 0 Å². The summed E-state index contributed by atoms with van der Waals surface area (Å²) in [6.45, 7) is 16.9. The first-order valence-corrected chi connectivity index (χ1v) is 8.96. The summed E-state index contributed by atoms with van der Waals surface area (Å²) in [5.41, 5.74) is 0. The molecule has 0 aromatic carbocycles. The Labute approximate surface area is 122 Å². The van der Waals surface area contributed by atoms with Crippen molar-refractivity contribution in [2.75, 3.05) is 0 Å². The van der Waals surface area contributed by atoms with E-state index in [1.807, 2.05) is 0 Å². The van der Waals surface area contributed by atoms with Crippen LogP contribution in [-0.2, 0) is 0 Å². The van der Waals surface area contributed by atoms with Crippen LogP contribution in [0, 0.1) is 41.4 Å². The van der Waals surface area contributed by atoms with Crippen LogP contribution in [-0.4, -0.2) is 0 Å². The summed E-state index contributed by atoms with van der Waals surface area (Å²) in [5, 5.41) is 0. The molecule has 1 aliphatic carbocycles. The van der Waals surface area contributed by atoms with Crippen LogP contribution < -0.4 is 0 Å². The van der Waals surface area contributed by atoms with Crippen LogP contribution in [0.15, 0.2) is 0 Å². The molecule has 0 amide bonds. The van der Waals surface area contributed by atoms with Crippen molar-refractivity contribution < 1.29 is 0 Å². The van der Waals surface area contributed by atoms with Gasteiger partial charge in [0.05, 0.1) is 0 Å². The molecule has 114 valence electrons. The fraction of sp³-hybridized carbons (Fsp3) is 1.00. The largest absolute Gasteiger partial charge is 0.0651 e. The van der Waals surface area contributed by atoms with Crippen LogP contribution >= 0.6 is 0 Å². The zero-order chi connectivity index (χ0) is 14.6. The third-order valence-corrected chi connectivity index (χ3v) is 5.73. The normalized spacial score (nSPS) is 31.3. The average molecular weight is 267 g/mol. The maximum atomic E-state index is 2.53. The van der Waals surface area contributed by atoms with E-state index in [4.69, 9.17) is 0 Å². The molecule has 6 unspecified atom stereocenters. The van der Waals surface area contributed by atoms with Gasteiger partial charge in [0.2, 0.25) is 0 Å². The molecule has 0 aromatic rings. The smallest absolute Gasteiger partial charge is 0.0321 e. The second-order valence-electron chi connectivity index (χ2n) is 7.75. The van der Waals surface area contributed by atoms with Gasteiger partial charge in [-0.25, -0.2) is 0 Å². The van der Waals surface area contributed by atoms with E-state index in [1.165, 1.54) is 32.1 Å². The molecule has 0 radical (unpaired) electrons. The average Bonchev–Trinajstić information content (AvgIpc) is 3.09. The van der Waals surface area contributed by atoms with Gasteiger partial charge in [0.15, 0.2) is 0 Å². The minimum absolute atomic E-state index is 0.869.